The molecule has 0 saturated carbocycles. The minimum absolute atomic E-state index is 0.195. The Bertz CT molecular complexity index is 363. The minimum Gasteiger partial charge on any atom is -0.444 e. The van der Waals surface area contributed by atoms with E-state index in [1.165, 1.54) is 0 Å². The third-order valence-corrected chi connectivity index (χ3v) is 3.69. The molecule has 0 bridgehead atoms. The number of hydrogen-bond acceptors (Lipinski definition) is 3. The number of amides is 2. The summed E-state index contributed by atoms with van der Waals surface area (Å²) in [5, 5.41) is 2.68. The molecule has 21 heavy (non-hydrogen) atoms. The second kappa shape index (κ2) is 7.66. The highest BCUT2D eigenvalue weighted by molar-refractivity contribution is 5.76. The van der Waals surface area contributed by atoms with E-state index in [-0.39, 0.29) is 5.91 Å². The lowest BCUT2D eigenvalue weighted by Gasteiger charge is -2.36. The third kappa shape index (κ3) is 6.82. The molecule has 5 nitrogen and oxygen atoms in total. The van der Waals surface area contributed by atoms with Crippen LogP contribution in [0.4, 0.5) is 4.79 Å². The van der Waals surface area contributed by atoms with Crippen LogP contribution in [0.3, 0.4) is 0 Å². The molecular formula is C16H30N2O3. The highest BCUT2D eigenvalue weighted by Gasteiger charge is 2.26. The van der Waals surface area contributed by atoms with Gasteiger partial charge in [0.25, 0.3) is 0 Å². The lowest BCUT2D eigenvalue weighted by Crippen LogP contribution is -2.44. The molecule has 0 radical (unpaired) electrons. The fourth-order valence-corrected chi connectivity index (χ4v) is 2.67. The van der Waals surface area contributed by atoms with Crippen LogP contribution < -0.4 is 5.32 Å². The summed E-state index contributed by atoms with van der Waals surface area (Å²) in [6.07, 6.45) is 2.88. The third-order valence-electron chi connectivity index (χ3n) is 3.69. The van der Waals surface area contributed by atoms with E-state index in [4.69, 9.17) is 4.74 Å². The van der Waals surface area contributed by atoms with Gasteiger partial charge in [0.15, 0.2) is 0 Å². The first-order valence-electron chi connectivity index (χ1n) is 7.95. The Kier molecular flexibility index (Phi) is 6.49. The van der Waals surface area contributed by atoms with E-state index in [1.54, 1.807) is 0 Å². The molecule has 122 valence electrons. The number of nitrogens with zero attached hydrogens (tertiary/aromatic N) is 1. The van der Waals surface area contributed by atoms with E-state index in [1.807, 2.05) is 25.7 Å². The van der Waals surface area contributed by atoms with Crippen molar-refractivity contribution in [3.8, 4) is 0 Å². The molecule has 1 N–H and O–H groups in total. The lowest BCUT2D eigenvalue weighted by atomic mass is 9.93. The van der Waals surface area contributed by atoms with Crippen molar-refractivity contribution in [3.63, 3.8) is 0 Å². The summed E-state index contributed by atoms with van der Waals surface area (Å²) < 4.78 is 5.14. The Labute approximate surface area is 128 Å². The fourth-order valence-electron chi connectivity index (χ4n) is 2.67. The Morgan fingerprint density at radius 3 is 2.52 bits per heavy atom. The highest BCUT2D eigenvalue weighted by atomic mass is 16.6. The van der Waals surface area contributed by atoms with Crippen LogP contribution in [-0.4, -0.2) is 41.6 Å². The summed E-state index contributed by atoms with van der Waals surface area (Å²) in [5.41, 5.74) is -0.486. The molecule has 0 aromatic carbocycles. The van der Waals surface area contributed by atoms with E-state index in [0.29, 0.717) is 31.3 Å². The number of piperidine rings is 1. The maximum Gasteiger partial charge on any atom is 0.407 e. The van der Waals surface area contributed by atoms with E-state index in [2.05, 4.69) is 19.2 Å². The molecule has 1 aliphatic heterocycles. The second-order valence-electron chi connectivity index (χ2n) is 7.10. The predicted molar refractivity (Wildman–Crippen MR) is 83.0 cm³/mol. The molecule has 2 unspecified atom stereocenters. The van der Waals surface area contributed by atoms with Gasteiger partial charge >= 0.3 is 6.09 Å². The largest absolute Gasteiger partial charge is 0.444 e. The number of carbonyl (C=O) groups is 2. The quantitative estimate of drug-likeness (QED) is 0.812. The lowest BCUT2D eigenvalue weighted by molar-refractivity contribution is -0.135. The van der Waals surface area contributed by atoms with Gasteiger partial charge in [-0.05, 0) is 52.9 Å². The first kappa shape index (κ1) is 17.8. The highest BCUT2D eigenvalue weighted by Crippen LogP contribution is 2.22. The van der Waals surface area contributed by atoms with Gasteiger partial charge in [-0.1, -0.05) is 6.92 Å². The van der Waals surface area contributed by atoms with Gasteiger partial charge in [-0.25, -0.2) is 4.79 Å². The van der Waals surface area contributed by atoms with Crippen LogP contribution in [0.5, 0.6) is 0 Å². The van der Waals surface area contributed by atoms with Crippen LogP contribution >= 0.6 is 0 Å². The molecule has 5 heteroatoms. The van der Waals surface area contributed by atoms with Gasteiger partial charge < -0.3 is 15.0 Å². The number of rotatable bonds is 4. The van der Waals surface area contributed by atoms with Crippen molar-refractivity contribution in [3.05, 3.63) is 0 Å². The van der Waals surface area contributed by atoms with E-state index in [9.17, 15) is 9.59 Å². The van der Waals surface area contributed by atoms with Crippen LogP contribution in [0.1, 0.15) is 60.3 Å². The first-order valence-corrected chi connectivity index (χ1v) is 7.95. The Morgan fingerprint density at radius 2 is 1.95 bits per heavy atom. The number of ether oxygens (including phenoxy) is 1. The van der Waals surface area contributed by atoms with Crippen LogP contribution in [-0.2, 0) is 9.53 Å². The monoisotopic (exact) mass is 298 g/mol. The van der Waals surface area contributed by atoms with Crippen LogP contribution in [0.15, 0.2) is 0 Å². The molecule has 0 aromatic rings. The van der Waals surface area contributed by atoms with Crippen molar-refractivity contribution in [2.75, 3.05) is 13.1 Å². The summed E-state index contributed by atoms with van der Waals surface area (Å²) in [5.74, 6) is 0.901. The average molecular weight is 298 g/mol. The predicted octanol–water partition coefficient (Wildman–Crippen LogP) is 2.94. The summed E-state index contributed by atoms with van der Waals surface area (Å²) in [6, 6.07) is 0.333. The van der Waals surface area contributed by atoms with Crippen molar-refractivity contribution in [1.82, 2.24) is 10.2 Å². The van der Waals surface area contributed by atoms with Crippen LogP contribution in [0.25, 0.3) is 0 Å². The fraction of sp³-hybridized carbons (Fsp3) is 0.875. The molecule has 0 aliphatic carbocycles. The van der Waals surface area contributed by atoms with E-state index in [0.717, 1.165) is 19.4 Å². The number of alkyl carbamates (subject to hydrolysis) is 1. The molecular weight excluding hydrogens is 268 g/mol. The summed E-state index contributed by atoms with van der Waals surface area (Å²) >= 11 is 0. The zero-order valence-electron chi connectivity index (χ0n) is 14.1. The first-order chi connectivity index (χ1) is 9.69. The van der Waals surface area contributed by atoms with Gasteiger partial charge in [0, 0.05) is 25.6 Å². The molecule has 1 aliphatic rings. The van der Waals surface area contributed by atoms with Gasteiger partial charge in [-0.15, -0.1) is 0 Å². The topological polar surface area (TPSA) is 58.6 Å². The molecule has 1 rings (SSSR count). The van der Waals surface area contributed by atoms with Gasteiger partial charge in [0.05, 0.1) is 0 Å². The number of nitrogens with one attached hydrogen (secondary N) is 1. The molecule has 1 saturated heterocycles. The van der Waals surface area contributed by atoms with Gasteiger partial charge in [-0.3, -0.25) is 4.79 Å². The zero-order valence-corrected chi connectivity index (χ0v) is 14.1. The minimum atomic E-state index is -0.486. The molecule has 0 aromatic heterocycles. The van der Waals surface area contributed by atoms with E-state index >= 15 is 0 Å². The number of hydrogen-bond donors (Lipinski definition) is 1. The maximum absolute atomic E-state index is 12.2. The number of likely N-dealkylation sites (tertiary alicyclic amines) is 1. The zero-order chi connectivity index (χ0) is 16.0. The van der Waals surface area contributed by atoms with Crippen molar-refractivity contribution in [2.24, 2.45) is 5.92 Å². The van der Waals surface area contributed by atoms with Crippen molar-refractivity contribution < 1.29 is 14.3 Å². The van der Waals surface area contributed by atoms with Crippen LogP contribution in [0.2, 0.25) is 0 Å². The Balaban J connectivity index is 2.20. The molecule has 0 spiro atoms. The van der Waals surface area contributed by atoms with Gasteiger partial charge in [0.2, 0.25) is 5.91 Å². The van der Waals surface area contributed by atoms with Crippen molar-refractivity contribution >= 4 is 12.0 Å². The average Bonchev–Trinajstić information content (AvgIpc) is 2.32. The molecule has 2 atom stereocenters. The Hall–Kier alpha value is -1.26. The summed E-state index contributed by atoms with van der Waals surface area (Å²) in [4.78, 5) is 25.6. The normalized spacial score (nSPS) is 22.8. The molecule has 2 amide bonds. The maximum atomic E-state index is 12.2. The number of carbonyl (C=O) groups excluding carboxylic acids is 2. The van der Waals surface area contributed by atoms with Gasteiger partial charge in [0.1, 0.15) is 5.60 Å². The smallest absolute Gasteiger partial charge is 0.407 e. The van der Waals surface area contributed by atoms with Crippen molar-refractivity contribution in [2.45, 2.75) is 71.9 Å². The molecule has 1 fully saturated rings. The van der Waals surface area contributed by atoms with E-state index < -0.39 is 11.7 Å². The summed E-state index contributed by atoms with van der Waals surface area (Å²) in [6.45, 7) is 11.2. The SMILES string of the molecule is CC1CCN(C(=O)CCCNC(=O)OC(C)(C)C)C(C)C1. The Morgan fingerprint density at radius 1 is 1.29 bits per heavy atom. The van der Waals surface area contributed by atoms with Gasteiger partial charge in [-0.2, -0.15) is 0 Å². The van der Waals surface area contributed by atoms with Crippen molar-refractivity contribution in [1.29, 1.82) is 0 Å². The standard InChI is InChI=1S/C16H30N2O3/c1-12-8-10-18(13(2)11-12)14(19)7-6-9-17-15(20)21-16(3,4)5/h12-13H,6-11H2,1-5H3,(H,17,20). The summed E-state index contributed by atoms with van der Waals surface area (Å²) in [7, 11) is 0. The molecule has 1 heterocycles. The van der Waals surface area contributed by atoms with Crippen LogP contribution in [0, 0.1) is 5.92 Å². The second-order valence-corrected chi connectivity index (χ2v) is 7.10.